The lowest BCUT2D eigenvalue weighted by Gasteiger charge is -2.05. The first kappa shape index (κ1) is 14.6. The van der Waals surface area contributed by atoms with Crippen LogP contribution in [0.3, 0.4) is 0 Å². The van der Waals surface area contributed by atoms with E-state index < -0.39 is 4.92 Å². The summed E-state index contributed by atoms with van der Waals surface area (Å²) in [6.45, 7) is 0.151. The lowest BCUT2D eigenvalue weighted by Crippen LogP contribution is -1.94. The first-order valence-corrected chi connectivity index (χ1v) is 6.68. The number of hydrazone groups is 1. The molecule has 0 atom stereocenters. The maximum Gasteiger partial charge on any atom is 0.271 e. The van der Waals surface area contributed by atoms with Crippen molar-refractivity contribution in [3.63, 3.8) is 0 Å². The molecule has 3 rings (SSSR count). The maximum atomic E-state index is 10.7. The van der Waals surface area contributed by atoms with Crippen LogP contribution in [0.2, 0.25) is 0 Å². The van der Waals surface area contributed by atoms with E-state index in [1.54, 1.807) is 37.6 Å². The van der Waals surface area contributed by atoms with Gasteiger partial charge in [-0.05, 0) is 18.2 Å². The average Bonchev–Trinajstić information content (AvgIpc) is 3.03. The lowest BCUT2D eigenvalue weighted by atomic mass is 10.2. The predicted molar refractivity (Wildman–Crippen MR) is 83.4 cm³/mol. The third kappa shape index (κ3) is 3.15. The normalized spacial score (nSPS) is 12.4. The number of nitro groups is 1. The zero-order valence-electron chi connectivity index (χ0n) is 12.2. The number of methoxy groups -OCH3 is 1. The molecule has 0 spiro atoms. The molecule has 1 aliphatic rings. The largest absolute Gasteiger partial charge is 0.493 e. The van der Waals surface area contributed by atoms with Crippen LogP contribution in [0.15, 0.2) is 41.5 Å². The average molecular weight is 315 g/mol. The monoisotopic (exact) mass is 315 g/mol. The minimum Gasteiger partial charge on any atom is -0.493 e. The first-order valence-electron chi connectivity index (χ1n) is 6.68. The van der Waals surface area contributed by atoms with E-state index in [0.717, 1.165) is 5.56 Å². The number of nitro benzene ring substituents is 1. The van der Waals surface area contributed by atoms with Crippen molar-refractivity contribution in [2.24, 2.45) is 5.10 Å². The maximum absolute atomic E-state index is 10.7. The van der Waals surface area contributed by atoms with Crippen molar-refractivity contribution in [2.45, 2.75) is 0 Å². The molecule has 23 heavy (non-hydrogen) atoms. The summed E-state index contributed by atoms with van der Waals surface area (Å²) >= 11 is 0. The Bertz CT molecular complexity index is 776. The summed E-state index contributed by atoms with van der Waals surface area (Å²) in [5.74, 6) is 1.70. The lowest BCUT2D eigenvalue weighted by molar-refractivity contribution is -0.384. The molecule has 0 amide bonds. The summed E-state index contributed by atoms with van der Waals surface area (Å²) in [6.07, 6.45) is 1.56. The van der Waals surface area contributed by atoms with Crippen molar-refractivity contribution in [3.05, 3.63) is 52.1 Å². The summed E-state index contributed by atoms with van der Waals surface area (Å²) in [5, 5.41) is 14.8. The van der Waals surface area contributed by atoms with Gasteiger partial charge in [0.25, 0.3) is 5.69 Å². The summed E-state index contributed by atoms with van der Waals surface area (Å²) in [4.78, 5) is 10.3. The molecular weight excluding hydrogens is 302 g/mol. The molecule has 0 bridgehead atoms. The van der Waals surface area contributed by atoms with Crippen LogP contribution in [0.4, 0.5) is 11.4 Å². The highest BCUT2D eigenvalue weighted by molar-refractivity contribution is 5.83. The SMILES string of the molecule is COc1cc(/C=N\Nc2cccc([N+](=O)[O-])c2)cc2c1OCO2. The van der Waals surface area contributed by atoms with Crippen molar-refractivity contribution in [1.29, 1.82) is 0 Å². The minimum atomic E-state index is -0.461. The van der Waals surface area contributed by atoms with Crippen molar-refractivity contribution >= 4 is 17.6 Å². The molecule has 0 saturated carbocycles. The number of nitrogens with zero attached hydrogens (tertiary/aromatic N) is 2. The van der Waals surface area contributed by atoms with Gasteiger partial charge in [-0.15, -0.1) is 0 Å². The predicted octanol–water partition coefficient (Wildman–Crippen LogP) is 2.78. The topological polar surface area (TPSA) is 95.2 Å². The number of hydrogen-bond donors (Lipinski definition) is 1. The molecule has 1 N–H and O–H groups in total. The fourth-order valence-corrected chi connectivity index (χ4v) is 2.09. The highest BCUT2D eigenvalue weighted by Crippen LogP contribution is 2.41. The van der Waals surface area contributed by atoms with E-state index in [0.29, 0.717) is 22.9 Å². The van der Waals surface area contributed by atoms with Gasteiger partial charge >= 0.3 is 0 Å². The van der Waals surface area contributed by atoms with Gasteiger partial charge in [0.2, 0.25) is 12.5 Å². The van der Waals surface area contributed by atoms with Crippen LogP contribution in [-0.2, 0) is 0 Å². The van der Waals surface area contributed by atoms with E-state index in [4.69, 9.17) is 14.2 Å². The molecule has 0 aliphatic carbocycles. The Labute approximate surface area is 131 Å². The number of ether oxygens (including phenoxy) is 3. The number of fused-ring (bicyclic) bond motifs is 1. The molecule has 0 unspecified atom stereocenters. The smallest absolute Gasteiger partial charge is 0.271 e. The van der Waals surface area contributed by atoms with E-state index in [-0.39, 0.29) is 12.5 Å². The van der Waals surface area contributed by atoms with Gasteiger partial charge < -0.3 is 14.2 Å². The van der Waals surface area contributed by atoms with Crippen LogP contribution in [0.1, 0.15) is 5.56 Å². The van der Waals surface area contributed by atoms with Crippen molar-refractivity contribution in [2.75, 3.05) is 19.3 Å². The van der Waals surface area contributed by atoms with E-state index >= 15 is 0 Å². The zero-order valence-corrected chi connectivity index (χ0v) is 12.2. The fraction of sp³-hybridized carbons (Fsp3) is 0.133. The molecular formula is C15H13N3O5. The summed E-state index contributed by atoms with van der Waals surface area (Å²) in [5.41, 5.74) is 4.00. The van der Waals surface area contributed by atoms with Gasteiger partial charge in [0.15, 0.2) is 11.5 Å². The van der Waals surface area contributed by atoms with Gasteiger partial charge in [0.05, 0.1) is 23.9 Å². The molecule has 118 valence electrons. The van der Waals surface area contributed by atoms with Crippen LogP contribution < -0.4 is 19.6 Å². The number of benzene rings is 2. The Balaban J connectivity index is 1.76. The minimum absolute atomic E-state index is 0.00468. The second-order valence-corrected chi connectivity index (χ2v) is 4.63. The van der Waals surface area contributed by atoms with Crippen LogP contribution >= 0.6 is 0 Å². The second-order valence-electron chi connectivity index (χ2n) is 4.63. The Morgan fingerprint density at radius 1 is 1.35 bits per heavy atom. The number of anilines is 1. The Kier molecular flexibility index (Phi) is 3.96. The molecule has 1 heterocycles. The summed E-state index contributed by atoms with van der Waals surface area (Å²) in [7, 11) is 1.54. The number of hydrogen-bond acceptors (Lipinski definition) is 7. The molecule has 0 saturated heterocycles. The van der Waals surface area contributed by atoms with Gasteiger partial charge in [-0.25, -0.2) is 0 Å². The summed E-state index contributed by atoms with van der Waals surface area (Å²) < 4.78 is 15.9. The fourth-order valence-electron chi connectivity index (χ4n) is 2.09. The van der Waals surface area contributed by atoms with E-state index in [9.17, 15) is 10.1 Å². The van der Waals surface area contributed by atoms with Gasteiger partial charge in [0, 0.05) is 17.7 Å². The molecule has 2 aromatic rings. The molecule has 0 radical (unpaired) electrons. The quantitative estimate of drug-likeness (QED) is 0.518. The van der Waals surface area contributed by atoms with Crippen molar-refractivity contribution in [3.8, 4) is 17.2 Å². The number of non-ortho nitro benzene ring substituents is 1. The highest BCUT2D eigenvalue weighted by atomic mass is 16.7. The zero-order chi connectivity index (χ0) is 16.2. The first-order chi connectivity index (χ1) is 11.2. The highest BCUT2D eigenvalue weighted by Gasteiger charge is 2.19. The van der Waals surface area contributed by atoms with Gasteiger partial charge in [-0.2, -0.15) is 5.10 Å². The number of nitrogens with one attached hydrogen (secondary N) is 1. The molecule has 1 aliphatic heterocycles. The van der Waals surface area contributed by atoms with Gasteiger partial charge in [0.1, 0.15) is 0 Å². The Morgan fingerprint density at radius 3 is 3.00 bits per heavy atom. The Hall–Kier alpha value is -3.29. The van der Waals surface area contributed by atoms with E-state index in [1.165, 1.54) is 12.1 Å². The van der Waals surface area contributed by atoms with Crippen LogP contribution in [0.25, 0.3) is 0 Å². The van der Waals surface area contributed by atoms with Crippen molar-refractivity contribution < 1.29 is 19.1 Å². The van der Waals surface area contributed by atoms with Gasteiger partial charge in [-0.1, -0.05) is 6.07 Å². The van der Waals surface area contributed by atoms with E-state index in [2.05, 4.69) is 10.5 Å². The molecule has 0 aromatic heterocycles. The van der Waals surface area contributed by atoms with Crippen LogP contribution in [0.5, 0.6) is 17.2 Å². The second kappa shape index (κ2) is 6.22. The van der Waals surface area contributed by atoms with Crippen LogP contribution in [0, 0.1) is 10.1 Å². The Morgan fingerprint density at radius 2 is 2.22 bits per heavy atom. The third-order valence-corrected chi connectivity index (χ3v) is 3.14. The molecule has 8 heteroatoms. The summed E-state index contributed by atoms with van der Waals surface area (Å²) in [6, 6.07) is 9.61. The molecule has 2 aromatic carbocycles. The van der Waals surface area contributed by atoms with E-state index in [1.807, 2.05) is 0 Å². The number of rotatable bonds is 5. The third-order valence-electron chi connectivity index (χ3n) is 3.14. The van der Waals surface area contributed by atoms with Crippen molar-refractivity contribution in [1.82, 2.24) is 0 Å². The van der Waals surface area contributed by atoms with Gasteiger partial charge in [-0.3, -0.25) is 15.5 Å². The standard InChI is InChI=1S/C15H13N3O5/c1-21-13-5-10(6-14-15(13)23-9-22-14)8-16-17-11-3-2-4-12(7-11)18(19)20/h2-8,17H,9H2,1H3/b16-8-. The van der Waals surface area contributed by atoms with Crippen LogP contribution in [-0.4, -0.2) is 25.0 Å². The molecule has 0 fully saturated rings. The molecule has 8 nitrogen and oxygen atoms in total.